The van der Waals surface area contributed by atoms with Crippen molar-refractivity contribution >= 4 is 11.6 Å². The number of aromatic nitrogens is 2. The Hall–Kier alpha value is -2.70. The van der Waals surface area contributed by atoms with E-state index in [4.69, 9.17) is 0 Å². The first-order valence-corrected chi connectivity index (χ1v) is 8.76. The van der Waals surface area contributed by atoms with Crippen LogP contribution in [0.5, 0.6) is 0 Å². The van der Waals surface area contributed by atoms with Crippen molar-refractivity contribution in [2.24, 2.45) is 11.0 Å². The fraction of sp³-hybridized carbons (Fsp3) is 0.421. The Labute approximate surface area is 152 Å². The number of hydrazone groups is 1. The van der Waals surface area contributed by atoms with Crippen LogP contribution in [0.25, 0.3) is 5.69 Å². The molecule has 2 aromatic rings. The van der Waals surface area contributed by atoms with Gasteiger partial charge in [0.1, 0.15) is 5.82 Å². The van der Waals surface area contributed by atoms with Crippen molar-refractivity contribution in [3.63, 3.8) is 0 Å². The summed E-state index contributed by atoms with van der Waals surface area (Å²) in [6.45, 7) is 7.59. The third-order valence-corrected chi connectivity index (χ3v) is 3.85. The van der Waals surface area contributed by atoms with Crippen LogP contribution in [0.2, 0.25) is 0 Å². The van der Waals surface area contributed by atoms with Gasteiger partial charge in [-0.15, -0.1) is 0 Å². The van der Waals surface area contributed by atoms with Crippen LogP contribution in [-0.4, -0.2) is 21.4 Å². The number of aromatic amines is 1. The van der Waals surface area contributed by atoms with Crippen molar-refractivity contribution in [3.05, 3.63) is 51.7 Å². The number of halogens is 1. The lowest BCUT2D eigenvalue weighted by Crippen LogP contribution is -2.24. The number of benzene rings is 1. The summed E-state index contributed by atoms with van der Waals surface area (Å²) in [6, 6.07) is 5.66. The predicted octanol–water partition coefficient (Wildman–Crippen LogP) is 3.14. The molecule has 0 aliphatic heterocycles. The average molecular weight is 360 g/mol. The quantitative estimate of drug-likeness (QED) is 0.588. The molecular formula is C19H25FN4O2. The number of H-pyrrole nitrogens is 1. The van der Waals surface area contributed by atoms with E-state index in [2.05, 4.69) is 15.6 Å². The third-order valence-electron chi connectivity index (χ3n) is 3.85. The predicted molar refractivity (Wildman–Crippen MR) is 100 cm³/mol. The van der Waals surface area contributed by atoms with E-state index < -0.39 is 0 Å². The maximum Gasteiger partial charge on any atom is 0.280 e. The summed E-state index contributed by atoms with van der Waals surface area (Å²) >= 11 is 0. The molecule has 1 heterocycles. The number of nitrogens with one attached hydrogen (secondary N) is 2. The second kappa shape index (κ2) is 8.60. The topological polar surface area (TPSA) is 79.2 Å². The highest BCUT2D eigenvalue weighted by atomic mass is 19.1. The van der Waals surface area contributed by atoms with Crippen molar-refractivity contribution in [3.8, 4) is 5.69 Å². The van der Waals surface area contributed by atoms with Crippen LogP contribution in [0.3, 0.4) is 0 Å². The van der Waals surface area contributed by atoms with Gasteiger partial charge in [0.25, 0.3) is 5.56 Å². The van der Waals surface area contributed by atoms with Crippen LogP contribution in [0.1, 0.15) is 51.8 Å². The molecule has 2 rings (SSSR count). The van der Waals surface area contributed by atoms with E-state index in [1.807, 2.05) is 20.8 Å². The van der Waals surface area contributed by atoms with Crippen LogP contribution in [0.15, 0.2) is 34.2 Å². The minimum absolute atomic E-state index is 0.189. The SMILES string of the molecule is CCCc1[nH]n(-c2ccc(F)cc2)c(=O)c1/C(C)=N/NC(=O)CC(C)C. The first-order chi connectivity index (χ1) is 12.3. The van der Waals surface area contributed by atoms with Crippen molar-refractivity contribution in [1.29, 1.82) is 0 Å². The van der Waals surface area contributed by atoms with Gasteiger partial charge in [0, 0.05) is 12.1 Å². The Morgan fingerprint density at radius 3 is 2.54 bits per heavy atom. The Balaban J connectivity index is 2.39. The molecule has 0 spiro atoms. The first-order valence-electron chi connectivity index (χ1n) is 8.76. The van der Waals surface area contributed by atoms with Gasteiger partial charge in [-0.3, -0.25) is 14.7 Å². The van der Waals surface area contributed by atoms with E-state index in [1.165, 1.54) is 28.9 Å². The van der Waals surface area contributed by atoms with Gasteiger partial charge < -0.3 is 0 Å². The molecule has 1 aromatic heterocycles. The molecule has 0 atom stereocenters. The molecule has 0 bridgehead atoms. The Kier molecular flexibility index (Phi) is 6.49. The molecule has 0 radical (unpaired) electrons. The van der Waals surface area contributed by atoms with Crippen LogP contribution in [0.4, 0.5) is 4.39 Å². The minimum Gasteiger partial charge on any atom is -0.294 e. The summed E-state index contributed by atoms with van der Waals surface area (Å²) in [5, 5.41) is 7.17. The van der Waals surface area contributed by atoms with E-state index >= 15 is 0 Å². The number of rotatable bonds is 7. The lowest BCUT2D eigenvalue weighted by molar-refractivity contribution is -0.121. The lowest BCUT2D eigenvalue weighted by Gasteiger charge is -2.04. The largest absolute Gasteiger partial charge is 0.294 e. The number of hydrogen-bond acceptors (Lipinski definition) is 3. The summed E-state index contributed by atoms with van der Waals surface area (Å²) < 4.78 is 14.5. The highest BCUT2D eigenvalue weighted by Gasteiger charge is 2.18. The molecule has 0 unspecified atom stereocenters. The van der Waals surface area contributed by atoms with Gasteiger partial charge in [-0.1, -0.05) is 27.2 Å². The second-order valence-electron chi connectivity index (χ2n) is 6.66. The molecule has 0 aliphatic carbocycles. The van der Waals surface area contributed by atoms with Crippen LogP contribution in [0, 0.1) is 11.7 Å². The minimum atomic E-state index is -0.368. The summed E-state index contributed by atoms with van der Waals surface area (Å²) in [5.41, 5.74) is 4.37. The van der Waals surface area contributed by atoms with Gasteiger partial charge in [0.05, 0.1) is 17.0 Å². The molecule has 0 saturated heterocycles. The van der Waals surface area contributed by atoms with Gasteiger partial charge in [-0.25, -0.2) is 14.5 Å². The molecular weight excluding hydrogens is 335 g/mol. The molecule has 140 valence electrons. The zero-order valence-electron chi connectivity index (χ0n) is 15.6. The van der Waals surface area contributed by atoms with Crippen LogP contribution < -0.4 is 11.0 Å². The zero-order valence-corrected chi connectivity index (χ0v) is 15.6. The van der Waals surface area contributed by atoms with Gasteiger partial charge in [-0.2, -0.15) is 5.10 Å². The number of aryl methyl sites for hydroxylation is 1. The number of nitrogens with zero attached hydrogens (tertiary/aromatic N) is 2. The monoisotopic (exact) mass is 360 g/mol. The molecule has 2 N–H and O–H groups in total. The van der Waals surface area contributed by atoms with E-state index in [-0.39, 0.29) is 23.2 Å². The normalized spacial score (nSPS) is 11.8. The maximum absolute atomic E-state index is 13.1. The fourth-order valence-corrected chi connectivity index (χ4v) is 2.68. The average Bonchev–Trinajstić information content (AvgIpc) is 2.89. The van der Waals surface area contributed by atoms with Crippen molar-refractivity contribution in [2.75, 3.05) is 0 Å². The molecule has 0 fully saturated rings. The smallest absolute Gasteiger partial charge is 0.280 e. The third kappa shape index (κ3) is 4.68. The number of amides is 1. The standard InChI is InChI=1S/C19H25FN4O2/c1-5-6-16-18(13(4)21-22-17(25)11-12(2)3)19(26)24(23-16)15-9-7-14(20)8-10-15/h7-10,12,23H,5-6,11H2,1-4H3,(H,22,25)/b21-13+. The zero-order chi connectivity index (χ0) is 19.3. The van der Waals surface area contributed by atoms with E-state index in [0.717, 1.165) is 12.1 Å². The fourth-order valence-electron chi connectivity index (χ4n) is 2.68. The second-order valence-corrected chi connectivity index (χ2v) is 6.66. The molecule has 6 nitrogen and oxygen atoms in total. The molecule has 7 heteroatoms. The summed E-state index contributed by atoms with van der Waals surface area (Å²) in [6.07, 6.45) is 1.86. The van der Waals surface area contributed by atoms with Crippen LogP contribution in [-0.2, 0) is 11.2 Å². The molecule has 0 aliphatic rings. The van der Waals surface area contributed by atoms with Crippen molar-refractivity contribution in [1.82, 2.24) is 15.2 Å². The van der Waals surface area contributed by atoms with Gasteiger partial charge in [0.15, 0.2) is 0 Å². The summed E-state index contributed by atoms with van der Waals surface area (Å²) in [5.74, 6) is -0.331. The van der Waals surface area contributed by atoms with Crippen molar-refractivity contribution < 1.29 is 9.18 Å². The van der Waals surface area contributed by atoms with Crippen LogP contribution >= 0.6 is 0 Å². The highest BCUT2D eigenvalue weighted by molar-refractivity contribution is 6.00. The van der Waals surface area contributed by atoms with Gasteiger partial charge in [-0.05, 0) is 43.5 Å². The first kappa shape index (κ1) is 19.6. The number of carbonyl (C=O) groups excluding carboxylic acids is 1. The van der Waals surface area contributed by atoms with Gasteiger partial charge >= 0.3 is 0 Å². The highest BCUT2D eigenvalue weighted by Crippen LogP contribution is 2.11. The Morgan fingerprint density at radius 2 is 1.96 bits per heavy atom. The molecule has 1 amide bonds. The van der Waals surface area contributed by atoms with E-state index in [0.29, 0.717) is 29.8 Å². The number of hydrogen-bond donors (Lipinski definition) is 2. The van der Waals surface area contributed by atoms with E-state index in [9.17, 15) is 14.0 Å². The van der Waals surface area contributed by atoms with Gasteiger partial charge in [0.2, 0.25) is 5.91 Å². The molecule has 1 aromatic carbocycles. The Morgan fingerprint density at radius 1 is 1.31 bits per heavy atom. The Bertz CT molecular complexity index is 847. The molecule has 0 saturated carbocycles. The van der Waals surface area contributed by atoms with Crippen molar-refractivity contribution in [2.45, 2.75) is 47.0 Å². The van der Waals surface area contributed by atoms with E-state index in [1.54, 1.807) is 6.92 Å². The maximum atomic E-state index is 13.1. The molecule has 26 heavy (non-hydrogen) atoms. The summed E-state index contributed by atoms with van der Waals surface area (Å²) in [7, 11) is 0. The number of carbonyl (C=O) groups is 1. The lowest BCUT2D eigenvalue weighted by atomic mass is 10.1. The summed E-state index contributed by atoms with van der Waals surface area (Å²) in [4.78, 5) is 24.7.